The zero-order valence-electron chi connectivity index (χ0n) is 8.45. The summed E-state index contributed by atoms with van der Waals surface area (Å²) in [6.07, 6.45) is 0.880. The predicted octanol–water partition coefficient (Wildman–Crippen LogP) is 3.85. The first-order valence-corrected chi connectivity index (χ1v) is 5.62. The van der Waals surface area contributed by atoms with Gasteiger partial charge in [0.2, 0.25) is 0 Å². The van der Waals surface area contributed by atoms with Gasteiger partial charge in [-0.15, -0.1) is 11.6 Å². The van der Waals surface area contributed by atoms with Crippen LogP contribution in [0.25, 0.3) is 10.8 Å². The lowest BCUT2D eigenvalue weighted by Crippen LogP contribution is -1.98. The highest BCUT2D eigenvalue weighted by Gasteiger charge is 1.99. The molecule has 0 fully saturated rings. The lowest BCUT2D eigenvalue weighted by Gasteiger charge is -2.08. The van der Waals surface area contributed by atoms with E-state index in [4.69, 9.17) is 16.3 Å². The highest BCUT2D eigenvalue weighted by molar-refractivity contribution is 6.17. The Morgan fingerprint density at radius 2 is 1.80 bits per heavy atom. The van der Waals surface area contributed by atoms with Crippen LogP contribution in [0, 0.1) is 0 Å². The van der Waals surface area contributed by atoms with Gasteiger partial charge in [0.1, 0.15) is 5.75 Å². The molecule has 0 saturated carbocycles. The Balaban J connectivity index is 2.26. The van der Waals surface area contributed by atoms with Crippen LogP contribution >= 0.6 is 11.6 Å². The van der Waals surface area contributed by atoms with E-state index in [-0.39, 0.29) is 0 Å². The maximum absolute atomic E-state index is 5.68. The molecule has 2 aromatic rings. The lowest BCUT2D eigenvalue weighted by atomic mass is 10.1. The van der Waals surface area contributed by atoms with Crippen LogP contribution in [-0.4, -0.2) is 12.5 Å². The van der Waals surface area contributed by atoms with Gasteiger partial charge in [-0.1, -0.05) is 36.4 Å². The first-order valence-electron chi connectivity index (χ1n) is 5.08. The largest absolute Gasteiger partial charge is 0.493 e. The minimum absolute atomic E-state index is 0.644. The lowest BCUT2D eigenvalue weighted by molar-refractivity contribution is 0.322. The number of alkyl halides is 1. The molecule has 0 aromatic heterocycles. The fourth-order valence-corrected chi connectivity index (χ4v) is 1.67. The summed E-state index contributed by atoms with van der Waals surface area (Å²) in [5.74, 6) is 1.59. The van der Waals surface area contributed by atoms with Crippen molar-refractivity contribution in [3.63, 3.8) is 0 Å². The Kier molecular flexibility index (Phi) is 3.46. The topological polar surface area (TPSA) is 9.23 Å². The Hall–Kier alpha value is -1.21. The summed E-state index contributed by atoms with van der Waals surface area (Å²) in [6.45, 7) is 0.678. The molecular weight excluding hydrogens is 208 g/mol. The van der Waals surface area contributed by atoms with Gasteiger partial charge in [0, 0.05) is 11.3 Å². The van der Waals surface area contributed by atoms with Crippen molar-refractivity contribution in [3.8, 4) is 5.75 Å². The van der Waals surface area contributed by atoms with E-state index in [1.165, 1.54) is 5.39 Å². The third kappa shape index (κ3) is 2.42. The summed E-state index contributed by atoms with van der Waals surface area (Å²) in [4.78, 5) is 0. The average molecular weight is 221 g/mol. The van der Waals surface area contributed by atoms with Crippen LogP contribution in [0.4, 0.5) is 0 Å². The molecule has 2 heteroatoms. The fraction of sp³-hybridized carbons (Fsp3) is 0.231. The highest BCUT2D eigenvalue weighted by Crippen LogP contribution is 2.25. The van der Waals surface area contributed by atoms with Crippen molar-refractivity contribution >= 4 is 22.4 Å². The van der Waals surface area contributed by atoms with Crippen LogP contribution in [0.3, 0.4) is 0 Å². The van der Waals surface area contributed by atoms with Crippen LogP contribution in [0.15, 0.2) is 42.5 Å². The Labute approximate surface area is 94.6 Å². The average Bonchev–Trinajstić information content (AvgIpc) is 2.30. The van der Waals surface area contributed by atoms with Crippen LogP contribution in [-0.2, 0) is 0 Å². The molecule has 0 amide bonds. The molecule has 0 spiro atoms. The SMILES string of the molecule is ClCCCOc1cccc2ccccc12. The number of rotatable bonds is 4. The number of ether oxygens (including phenoxy) is 1. The van der Waals surface area contributed by atoms with E-state index in [0.717, 1.165) is 17.6 Å². The maximum Gasteiger partial charge on any atom is 0.127 e. The van der Waals surface area contributed by atoms with Crippen LogP contribution in [0.2, 0.25) is 0 Å². The van der Waals surface area contributed by atoms with Crippen LogP contribution < -0.4 is 4.74 Å². The molecule has 0 aliphatic rings. The quantitative estimate of drug-likeness (QED) is 0.562. The van der Waals surface area contributed by atoms with Crippen molar-refractivity contribution < 1.29 is 4.74 Å². The molecular formula is C13H13ClO. The monoisotopic (exact) mass is 220 g/mol. The number of benzene rings is 2. The molecule has 0 heterocycles. The molecule has 1 nitrogen and oxygen atoms in total. The van der Waals surface area contributed by atoms with Gasteiger partial charge in [0.05, 0.1) is 6.61 Å². The van der Waals surface area contributed by atoms with Gasteiger partial charge in [-0.3, -0.25) is 0 Å². The van der Waals surface area contributed by atoms with Crippen molar-refractivity contribution in [2.24, 2.45) is 0 Å². The molecule has 0 unspecified atom stereocenters. The summed E-state index contributed by atoms with van der Waals surface area (Å²) in [5, 5.41) is 2.37. The van der Waals surface area contributed by atoms with E-state index in [0.29, 0.717) is 12.5 Å². The number of halogens is 1. The van der Waals surface area contributed by atoms with E-state index in [1.54, 1.807) is 0 Å². The van der Waals surface area contributed by atoms with Gasteiger partial charge in [0.25, 0.3) is 0 Å². The number of fused-ring (bicyclic) bond motifs is 1. The minimum atomic E-state index is 0.644. The van der Waals surface area contributed by atoms with Crippen molar-refractivity contribution in [2.75, 3.05) is 12.5 Å². The van der Waals surface area contributed by atoms with Gasteiger partial charge >= 0.3 is 0 Å². The zero-order chi connectivity index (χ0) is 10.5. The first-order chi connectivity index (χ1) is 7.42. The molecule has 0 radical (unpaired) electrons. The van der Waals surface area contributed by atoms with Gasteiger partial charge in [-0.05, 0) is 17.9 Å². The van der Waals surface area contributed by atoms with Crippen LogP contribution in [0.1, 0.15) is 6.42 Å². The normalized spacial score (nSPS) is 10.5. The predicted molar refractivity (Wildman–Crippen MR) is 64.8 cm³/mol. The van der Waals surface area contributed by atoms with Crippen molar-refractivity contribution in [2.45, 2.75) is 6.42 Å². The number of hydrogen-bond acceptors (Lipinski definition) is 1. The van der Waals surface area contributed by atoms with Gasteiger partial charge in [-0.2, -0.15) is 0 Å². The second-order valence-electron chi connectivity index (χ2n) is 3.37. The van der Waals surface area contributed by atoms with Gasteiger partial charge in [-0.25, -0.2) is 0 Å². The van der Waals surface area contributed by atoms with E-state index >= 15 is 0 Å². The summed E-state index contributed by atoms with van der Waals surface area (Å²) >= 11 is 5.61. The standard InChI is InChI=1S/C13H13ClO/c14-9-4-10-15-13-8-3-6-11-5-1-2-7-12(11)13/h1-3,5-8H,4,9-10H2. The fourth-order valence-electron chi connectivity index (χ4n) is 1.56. The molecule has 78 valence electrons. The molecule has 2 rings (SSSR count). The molecule has 15 heavy (non-hydrogen) atoms. The molecule has 0 saturated heterocycles. The van der Waals surface area contributed by atoms with E-state index in [9.17, 15) is 0 Å². The second kappa shape index (κ2) is 5.04. The van der Waals surface area contributed by atoms with Gasteiger partial charge < -0.3 is 4.74 Å². The molecule has 0 aliphatic heterocycles. The van der Waals surface area contributed by atoms with E-state index < -0.39 is 0 Å². The minimum Gasteiger partial charge on any atom is -0.493 e. The Bertz CT molecular complexity index is 434. The van der Waals surface area contributed by atoms with E-state index in [1.807, 2.05) is 24.3 Å². The summed E-state index contributed by atoms with van der Waals surface area (Å²) in [7, 11) is 0. The highest BCUT2D eigenvalue weighted by atomic mass is 35.5. The molecule has 0 aliphatic carbocycles. The van der Waals surface area contributed by atoms with Gasteiger partial charge in [0.15, 0.2) is 0 Å². The molecule has 0 bridgehead atoms. The van der Waals surface area contributed by atoms with Crippen molar-refractivity contribution in [1.82, 2.24) is 0 Å². The zero-order valence-corrected chi connectivity index (χ0v) is 9.20. The summed E-state index contributed by atoms with van der Waals surface area (Å²) in [5.41, 5.74) is 0. The summed E-state index contributed by atoms with van der Waals surface area (Å²) in [6, 6.07) is 14.3. The molecule has 2 aromatic carbocycles. The third-order valence-corrected chi connectivity index (χ3v) is 2.55. The first kappa shape index (κ1) is 10.3. The molecule has 0 atom stereocenters. The van der Waals surface area contributed by atoms with Crippen molar-refractivity contribution in [1.29, 1.82) is 0 Å². The summed E-state index contributed by atoms with van der Waals surface area (Å²) < 4.78 is 5.68. The van der Waals surface area contributed by atoms with Crippen LogP contribution in [0.5, 0.6) is 5.75 Å². The number of hydrogen-bond donors (Lipinski definition) is 0. The van der Waals surface area contributed by atoms with Crippen molar-refractivity contribution in [3.05, 3.63) is 42.5 Å². The Morgan fingerprint density at radius 1 is 1.00 bits per heavy atom. The Morgan fingerprint density at radius 3 is 2.67 bits per heavy atom. The second-order valence-corrected chi connectivity index (χ2v) is 3.75. The molecule has 0 N–H and O–H groups in total. The maximum atomic E-state index is 5.68. The third-order valence-electron chi connectivity index (χ3n) is 2.29. The van der Waals surface area contributed by atoms with E-state index in [2.05, 4.69) is 18.2 Å². The smallest absolute Gasteiger partial charge is 0.127 e.